The van der Waals surface area contributed by atoms with Gasteiger partial charge in [0.25, 0.3) is 0 Å². The molecule has 0 radical (unpaired) electrons. The maximum absolute atomic E-state index is 11.4. The number of hydrogen-bond acceptors (Lipinski definition) is 5. The van der Waals surface area contributed by atoms with E-state index in [4.69, 9.17) is 9.47 Å². The highest BCUT2D eigenvalue weighted by molar-refractivity contribution is 7.99. The first kappa shape index (κ1) is 14.7. The van der Waals surface area contributed by atoms with Gasteiger partial charge in [0.2, 0.25) is 0 Å². The van der Waals surface area contributed by atoms with Crippen LogP contribution in [0.3, 0.4) is 0 Å². The van der Waals surface area contributed by atoms with Crippen molar-refractivity contribution >= 4 is 28.5 Å². The van der Waals surface area contributed by atoms with Crippen LogP contribution in [-0.4, -0.2) is 30.9 Å². The van der Waals surface area contributed by atoms with E-state index in [1.807, 2.05) is 31.2 Å². The molecule has 5 heteroatoms. The van der Waals surface area contributed by atoms with Crippen molar-refractivity contribution in [3.8, 4) is 5.75 Å². The number of fused-ring (bicyclic) bond motifs is 1. The molecule has 2 aromatic rings. The average Bonchev–Trinajstić information content (AvgIpc) is 2.50. The molecular formula is C15H17NO3S. The highest BCUT2D eigenvalue weighted by atomic mass is 32.2. The predicted octanol–water partition coefficient (Wildman–Crippen LogP) is 3.14. The van der Waals surface area contributed by atoms with Crippen LogP contribution >= 0.6 is 11.8 Å². The number of ether oxygens (including phenoxy) is 2. The van der Waals surface area contributed by atoms with E-state index in [0.717, 1.165) is 21.5 Å². The molecule has 1 heterocycles. The Kier molecular flexibility index (Phi) is 4.84. The Hall–Kier alpha value is -1.75. The lowest BCUT2D eigenvalue weighted by Gasteiger charge is -2.10. The largest absolute Gasteiger partial charge is 0.497 e. The monoisotopic (exact) mass is 291 g/mol. The summed E-state index contributed by atoms with van der Waals surface area (Å²) in [5.74, 6) is 1.12. The molecule has 0 spiro atoms. The van der Waals surface area contributed by atoms with Crippen LogP contribution in [0.15, 0.2) is 35.5 Å². The topological polar surface area (TPSA) is 48.4 Å². The van der Waals surface area contributed by atoms with Gasteiger partial charge in [-0.1, -0.05) is 6.92 Å². The number of thioether (sulfide) groups is 1. The van der Waals surface area contributed by atoms with Crippen LogP contribution in [0.1, 0.15) is 6.92 Å². The van der Waals surface area contributed by atoms with E-state index in [9.17, 15) is 4.79 Å². The molecule has 106 valence electrons. The number of carbonyl (C=O) groups is 1. The van der Waals surface area contributed by atoms with Crippen LogP contribution in [0.4, 0.5) is 0 Å². The smallest absolute Gasteiger partial charge is 0.309 e. The van der Waals surface area contributed by atoms with Gasteiger partial charge in [0.1, 0.15) is 10.8 Å². The van der Waals surface area contributed by atoms with E-state index in [-0.39, 0.29) is 11.9 Å². The summed E-state index contributed by atoms with van der Waals surface area (Å²) in [7, 11) is 3.06. The molecule has 0 fully saturated rings. The van der Waals surface area contributed by atoms with Gasteiger partial charge in [-0.25, -0.2) is 4.98 Å². The fourth-order valence-electron chi connectivity index (χ4n) is 1.84. The molecule has 2 rings (SSSR count). The molecule has 1 aromatic carbocycles. The normalized spacial score (nSPS) is 12.2. The molecule has 0 aliphatic carbocycles. The zero-order valence-electron chi connectivity index (χ0n) is 11.8. The average molecular weight is 291 g/mol. The van der Waals surface area contributed by atoms with E-state index in [1.54, 1.807) is 25.1 Å². The summed E-state index contributed by atoms with van der Waals surface area (Å²) in [5.41, 5.74) is 0. The summed E-state index contributed by atoms with van der Waals surface area (Å²) in [5, 5.41) is 3.06. The van der Waals surface area contributed by atoms with Crippen molar-refractivity contribution in [1.82, 2.24) is 4.98 Å². The number of carbonyl (C=O) groups excluding carboxylic acids is 1. The van der Waals surface area contributed by atoms with Crippen molar-refractivity contribution in [2.75, 3.05) is 20.0 Å². The Labute approximate surface area is 122 Å². The summed E-state index contributed by atoms with van der Waals surface area (Å²) in [6.07, 6.45) is 1.77. The minimum Gasteiger partial charge on any atom is -0.497 e. The molecule has 0 aliphatic heterocycles. The van der Waals surface area contributed by atoms with Crippen molar-refractivity contribution in [2.24, 2.45) is 5.92 Å². The molecule has 1 atom stereocenters. The number of aromatic nitrogens is 1. The number of pyridine rings is 1. The van der Waals surface area contributed by atoms with E-state index in [2.05, 4.69) is 4.98 Å². The number of methoxy groups -OCH3 is 2. The third-order valence-electron chi connectivity index (χ3n) is 3.01. The Balaban J connectivity index is 2.20. The van der Waals surface area contributed by atoms with Gasteiger partial charge in [-0.3, -0.25) is 4.79 Å². The molecule has 0 saturated heterocycles. The fourth-order valence-corrected chi connectivity index (χ4v) is 2.86. The summed E-state index contributed by atoms with van der Waals surface area (Å²) in [4.78, 5) is 15.8. The third kappa shape index (κ3) is 3.22. The maximum atomic E-state index is 11.4. The highest BCUT2D eigenvalue weighted by Gasteiger charge is 2.14. The third-order valence-corrected chi connectivity index (χ3v) is 4.27. The summed E-state index contributed by atoms with van der Waals surface area (Å²) < 4.78 is 9.95. The number of benzene rings is 1. The van der Waals surface area contributed by atoms with Crippen LogP contribution < -0.4 is 4.74 Å². The van der Waals surface area contributed by atoms with E-state index >= 15 is 0 Å². The van der Waals surface area contributed by atoms with E-state index in [0.29, 0.717) is 5.75 Å². The van der Waals surface area contributed by atoms with Crippen LogP contribution in [-0.2, 0) is 9.53 Å². The molecule has 0 bridgehead atoms. The van der Waals surface area contributed by atoms with Crippen LogP contribution in [0.25, 0.3) is 10.8 Å². The summed E-state index contributed by atoms with van der Waals surface area (Å²) >= 11 is 1.56. The van der Waals surface area contributed by atoms with Gasteiger partial charge in [-0.2, -0.15) is 0 Å². The van der Waals surface area contributed by atoms with Crippen molar-refractivity contribution < 1.29 is 14.3 Å². The lowest BCUT2D eigenvalue weighted by Crippen LogP contribution is -2.14. The van der Waals surface area contributed by atoms with Gasteiger partial charge in [0, 0.05) is 17.3 Å². The molecule has 1 unspecified atom stereocenters. The van der Waals surface area contributed by atoms with Gasteiger partial charge in [-0.05, 0) is 29.7 Å². The molecule has 4 nitrogen and oxygen atoms in total. The van der Waals surface area contributed by atoms with Crippen LogP contribution in [0.2, 0.25) is 0 Å². The second-order valence-corrected chi connectivity index (χ2v) is 5.45. The maximum Gasteiger partial charge on any atom is 0.309 e. The zero-order chi connectivity index (χ0) is 14.5. The summed E-state index contributed by atoms with van der Waals surface area (Å²) in [6.45, 7) is 1.85. The Morgan fingerprint density at radius 1 is 1.35 bits per heavy atom. The standard InChI is InChI=1S/C15H17NO3S/c1-10(15(17)19-3)9-20-14-13-5-4-12(18-2)8-11(13)6-7-16-14/h4-8,10H,9H2,1-3H3. The lowest BCUT2D eigenvalue weighted by atomic mass is 10.2. The lowest BCUT2D eigenvalue weighted by molar-refractivity contribution is -0.143. The Morgan fingerprint density at radius 3 is 2.85 bits per heavy atom. The Morgan fingerprint density at radius 2 is 2.15 bits per heavy atom. The molecule has 0 amide bonds. The first-order valence-corrected chi connectivity index (χ1v) is 7.27. The minimum atomic E-state index is -0.195. The molecule has 20 heavy (non-hydrogen) atoms. The van der Waals surface area contributed by atoms with E-state index in [1.165, 1.54) is 7.11 Å². The van der Waals surface area contributed by atoms with Gasteiger partial charge < -0.3 is 9.47 Å². The molecule has 0 saturated carbocycles. The van der Waals surface area contributed by atoms with Crippen molar-refractivity contribution in [1.29, 1.82) is 0 Å². The molecular weight excluding hydrogens is 274 g/mol. The second kappa shape index (κ2) is 6.61. The van der Waals surface area contributed by atoms with Crippen LogP contribution in [0.5, 0.6) is 5.75 Å². The molecule has 0 aliphatic rings. The fraction of sp³-hybridized carbons (Fsp3) is 0.333. The zero-order valence-corrected chi connectivity index (χ0v) is 12.6. The van der Waals surface area contributed by atoms with Crippen molar-refractivity contribution in [2.45, 2.75) is 11.9 Å². The van der Waals surface area contributed by atoms with Gasteiger partial charge in [0.15, 0.2) is 0 Å². The van der Waals surface area contributed by atoms with Crippen LogP contribution in [0, 0.1) is 5.92 Å². The van der Waals surface area contributed by atoms with Crippen molar-refractivity contribution in [3.63, 3.8) is 0 Å². The number of hydrogen-bond donors (Lipinski definition) is 0. The van der Waals surface area contributed by atoms with Gasteiger partial charge in [-0.15, -0.1) is 11.8 Å². The molecule has 0 N–H and O–H groups in total. The van der Waals surface area contributed by atoms with E-state index < -0.39 is 0 Å². The minimum absolute atomic E-state index is 0.152. The first-order valence-electron chi connectivity index (χ1n) is 6.29. The molecule has 1 aromatic heterocycles. The number of esters is 1. The quantitative estimate of drug-likeness (QED) is 0.625. The predicted molar refractivity (Wildman–Crippen MR) is 80.2 cm³/mol. The first-order chi connectivity index (χ1) is 9.65. The number of rotatable bonds is 5. The Bertz CT molecular complexity index is 615. The van der Waals surface area contributed by atoms with Gasteiger partial charge >= 0.3 is 5.97 Å². The highest BCUT2D eigenvalue weighted by Crippen LogP contribution is 2.29. The van der Waals surface area contributed by atoms with Gasteiger partial charge in [0.05, 0.1) is 20.1 Å². The number of nitrogens with zero attached hydrogens (tertiary/aromatic N) is 1. The SMILES string of the molecule is COC(=O)C(C)CSc1nccc2cc(OC)ccc12. The van der Waals surface area contributed by atoms with Crippen molar-refractivity contribution in [3.05, 3.63) is 30.5 Å². The second-order valence-electron chi connectivity index (χ2n) is 4.44. The summed E-state index contributed by atoms with van der Waals surface area (Å²) in [6, 6.07) is 7.83.